The van der Waals surface area contributed by atoms with Gasteiger partial charge in [0.15, 0.2) is 23.1 Å². The maximum absolute atomic E-state index is 13.1. The Balaban J connectivity index is 1.86. The minimum Gasteiger partial charge on any atom is -0.493 e. The normalized spacial score (nSPS) is 10.2. The Kier molecular flexibility index (Phi) is 5.95. The van der Waals surface area contributed by atoms with Crippen LogP contribution in [-0.4, -0.2) is 26.7 Å². The Bertz CT molecular complexity index is 723. The van der Waals surface area contributed by atoms with Crippen molar-refractivity contribution in [3.63, 3.8) is 0 Å². The molecule has 24 heavy (non-hydrogen) atoms. The molecule has 0 aliphatic carbocycles. The number of nitrogens with one attached hydrogen (secondary N) is 2. The molecule has 7 heteroatoms. The van der Waals surface area contributed by atoms with E-state index in [2.05, 4.69) is 10.6 Å². The molecule has 2 aromatic carbocycles. The summed E-state index contributed by atoms with van der Waals surface area (Å²) in [6.45, 7) is 0.282. The third kappa shape index (κ3) is 4.58. The van der Waals surface area contributed by atoms with Crippen molar-refractivity contribution in [1.82, 2.24) is 0 Å². The van der Waals surface area contributed by atoms with E-state index in [0.29, 0.717) is 22.9 Å². The second-order valence-corrected chi connectivity index (χ2v) is 4.92. The second-order valence-electron chi connectivity index (χ2n) is 4.92. The van der Waals surface area contributed by atoms with E-state index >= 15 is 0 Å². The van der Waals surface area contributed by atoms with Crippen molar-refractivity contribution in [2.24, 2.45) is 0 Å². The summed E-state index contributed by atoms with van der Waals surface area (Å²) in [6.07, 6.45) is 0.160. The molecule has 0 spiro atoms. The van der Waals surface area contributed by atoms with Gasteiger partial charge in [0.25, 0.3) is 0 Å². The maximum Gasteiger partial charge on any atom is 0.226 e. The van der Waals surface area contributed by atoms with Gasteiger partial charge in [-0.05, 0) is 30.3 Å². The number of ether oxygens (including phenoxy) is 2. The first-order chi connectivity index (χ1) is 11.5. The Morgan fingerprint density at radius 1 is 0.958 bits per heavy atom. The molecule has 0 aromatic heterocycles. The third-order valence-corrected chi connectivity index (χ3v) is 3.27. The topological polar surface area (TPSA) is 59.6 Å². The van der Waals surface area contributed by atoms with Crippen LogP contribution in [0.4, 0.5) is 20.2 Å². The molecule has 0 saturated heterocycles. The molecule has 0 heterocycles. The van der Waals surface area contributed by atoms with Gasteiger partial charge >= 0.3 is 0 Å². The highest BCUT2D eigenvalue weighted by atomic mass is 19.2. The van der Waals surface area contributed by atoms with Gasteiger partial charge < -0.3 is 20.1 Å². The summed E-state index contributed by atoms with van der Waals surface area (Å²) >= 11 is 0. The molecule has 0 bridgehead atoms. The summed E-state index contributed by atoms with van der Waals surface area (Å²) in [7, 11) is 3.04. The zero-order valence-electron chi connectivity index (χ0n) is 13.4. The van der Waals surface area contributed by atoms with Crippen LogP contribution in [0.2, 0.25) is 0 Å². The molecule has 1 amide bonds. The van der Waals surface area contributed by atoms with E-state index in [1.54, 1.807) is 18.2 Å². The molecule has 2 aromatic rings. The Labute approximate surface area is 138 Å². The van der Waals surface area contributed by atoms with Crippen molar-refractivity contribution in [2.45, 2.75) is 6.42 Å². The molecule has 0 saturated carbocycles. The van der Waals surface area contributed by atoms with Crippen molar-refractivity contribution in [3.05, 3.63) is 48.0 Å². The number of carbonyl (C=O) groups is 1. The minimum absolute atomic E-state index is 0.160. The predicted molar refractivity (Wildman–Crippen MR) is 87.6 cm³/mol. The highest BCUT2D eigenvalue weighted by Crippen LogP contribution is 2.29. The zero-order valence-corrected chi connectivity index (χ0v) is 13.4. The average molecular weight is 336 g/mol. The van der Waals surface area contributed by atoms with E-state index < -0.39 is 11.6 Å². The molecule has 0 aliphatic heterocycles. The second kappa shape index (κ2) is 8.14. The number of carbonyl (C=O) groups excluding carboxylic acids is 1. The van der Waals surface area contributed by atoms with Gasteiger partial charge in [-0.1, -0.05) is 0 Å². The van der Waals surface area contributed by atoms with E-state index in [-0.39, 0.29) is 18.9 Å². The van der Waals surface area contributed by atoms with Crippen LogP contribution >= 0.6 is 0 Å². The summed E-state index contributed by atoms with van der Waals surface area (Å²) in [5.41, 5.74) is 0.985. The van der Waals surface area contributed by atoms with Crippen molar-refractivity contribution < 1.29 is 23.0 Å². The number of hydrogen-bond acceptors (Lipinski definition) is 4. The smallest absolute Gasteiger partial charge is 0.226 e. The average Bonchev–Trinajstić information content (AvgIpc) is 2.58. The molecule has 0 unspecified atom stereocenters. The SMILES string of the molecule is COc1ccc(NC(=O)CCNc2ccc(F)c(F)c2)cc1OC. The van der Waals surface area contributed by atoms with E-state index in [1.165, 1.54) is 20.3 Å². The van der Waals surface area contributed by atoms with Crippen LogP contribution in [0.1, 0.15) is 6.42 Å². The minimum atomic E-state index is -0.935. The van der Waals surface area contributed by atoms with E-state index in [1.807, 2.05) is 0 Å². The van der Waals surface area contributed by atoms with Gasteiger partial charge in [-0.25, -0.2) is 8.78 Å². The highest BCUT2D eigenvalue weighted by Gasteiger charge is 2.08. The quantitative estimate of drug-likeness (QED) is 0.813. The Hall–Kier alpha value is -2.83. The molecule has 0 aliphatic rings. The first kappa shape index (κ1) is 17.5. The van der Waals surface area contributed by atoms with Crippen LogP contribution in [0.5, 0.6) is 11.5 Å². The highest BCUT2D eigenvalue weighted by molar-refractivity contribution is 5.91. The monoisotopic (exact) mass is 336 g/mol. The summed E-state index contributed by atoms with van der Waals surface area (Å²) in [5, 5.41) is 5.58. The van der Waals surface area contributed by atoms with Crippen LogP contribution in [0.25, 0.3) is 0 Å². The molecule has 2 rings (SSSR count). The van der Waals surface area contributed by atoms with Gasteiger partial charge in [0.1, 0.15) is 0 Å². The fourth-order valence-corrected chi connectivity index (χ4v) is 2.06. The molecule has 5 nitrogen and oxygen atoms in total. The summed E-state index contributed by atoms with van der Waals surface area (Å²) in [5.74, 6) is -0.996. The van der Waals surface area contributed by atoms with Gasteiger partial charge in [-0.3, -0.25) is 4.79 Å². The number of rotatable bonds is 7. The van der Waals surface area contributed by atoms with Crippen LogP contribution in [0, 0.1) is 11.6 Å². The largest absolute Gasteiger partial charge is 0.493 e. The molecular weight excluding hydrogens is 318 g/mol. The lowest BCUT2D eigenvalue weighted by Gasteiger charge is -2.11. The van der Waals surface area contributed by atoms with Crippen molar-refractivity contribution in [3.8, 4) is 11.5 Å². The fourth-order valence-electron chi connectivity index (χ4n) is 2.06. The Morgan fingerprint density at radius 2 is 1.67 bits per heavy atom. The molecule has 0 radical (unpaired) electrons. The lowest BCUT2D eigenvalue weighted by atomic mass is 10.2. The first-order valence-electron chi connectivity index (χ1n) is 7.24. The number of benzene rings is 2. The number of anilines is 2. The predicted octanol–water partition coefficient (Wildman–Crippen LogP) is 3.42. The van der Waals surface area contributed by atoms with Gasteiger partial charge in [0, 0.05) is 30.4 Å². The van der Waals surface area contributed by atoms with Crippen LogP contribution in [0.15, 0.2) is 36.4 Å². The number of halogens is 2. The van der Waals surface area contributed by atoms with E-state index in [4.69, 9.17) is 9.47 Å². The summed E-state index contributed by atoms with van der Waals surface area (Å²) < 4.78 is 36.2. The maximum atomic E-state index is 13.1. The van der Waals surface area contributed by atoms with Crippen molar-refractivity contribution >= 4 is 17.3 Å². The first-order valence-corrected chi connectivity index (χ1v) is 7.24. The molecule has 0 fully saturated rings. The number of hydrogen-bond donors (Lipinski definition) is 2. The molecule has 2 N–H and O–H groups in total. The van der Waals surface area contributed by atoms with Crippen molar-refractivity contribution in [2.75, 3.05) is 31.4 Å². The molecule has 128 valence electrons. The van der Waals surface area contributed by atoms with E-state index in [9.17, 15) is 13.6 Å². The van der Waals surface area contributed by atoms with Gasteiger partial charge in [0.05, 0.1) is 14.2 Å². The fraction of sp³-hybridized carbons (Fsp3) is 0.235. The number of methoxy groups -OCH3 is 2. The van der Waals surface area contributed by atoms with Crippen LogP contribution in [0.3, 0.4) is 0 Å². The zero-order chi connectivity index (χ0) is 17.5. The summed E-state index contributed by atoms with van der Waals surface area (Å²) in [4.78, 5) is 11.9. The number of amides is 1. The third-order valence-electron chi connectivity index (χ3n) is 3.27. The van der Waals surface area contributed by atoms with Crippen LogP contribution in [-0.2, 0) is 4.79 Å². The van der Waals surface area contributed by atoms with Crippen LogP contribution < -0.4 is 20.1 Å². The van der Waals surface area contributed by atoms with E-state index in [0.717, 1.165) is 12.1 Å². The lowest BCUT2D eigenvalue weighted by molar-refractivity contribution is -0.115. The standard InChI is InChI=1S/C17H18F2N2O3/c1-23-15-6-4-12(10-16(15)24-2)21-17(22)7-8-20-11-3-5-13(18)14(19)9-11/h3-6,9-10,20H,7-8H2,1-2H3,(H,21,22). The molecular formula is C17H18F2N2O3. The summed E-state index contributed by atoms with van der Waals surface area (Å²) in [6, 6.07) is 8.52. The van der Waals surface area contributed by atoms with Crippen molar-refractivity contribution in [1.29, 1.82) is 0 Å². The lowest BCUT2D eigenvalue weighted by Crippen LogP contribution is -2.16. The van der Waals surface area contributed by atoms with Gasteiger partial charge in [-0.2, -0.15) is 0 Å². The molecule has 0 atom stereocenters. The Morgan fingerprint density at radius 3 is 2.33 bits per heavy atom. The van der Waals surface area contributed by atoms with Gasteiger partial charge in [-0.15, -0.1) is 0 Å². The van der Waals surface area contributed by atoms with Gasteiger partial charge in [0.2, 0.25) is 5.91 Å².